The van der Waals surface area contributed by atoms with Crippen LogP contribution in [-0.2, 0) is 4.79 Å². The number of rotatable bonds is 4. The highest BCUT2D eigenvalue weighted by Gasteiger charge is 2.24. The molecule has 0 bridgehead atoms. The summed E-state index contributed by atoms with van der Waals surface area (Å²) in [5, 5.41) is 4.29. The minimum atomic E-state index is -0.0558. The van der Waals surface area contributed by atoms with E-state index in [1.807, 2.05) is 43.5 Å². The van der Waals surface area contributed by atoms with Crippen molar-refractivity contribution < 1.29 is 9.53 Å². The maximum Gasteiger partial charge on any atom is 0.240 e. The number of fused-ring (bicyclic) bond motifs is 1. The van der Waals surface area contributed by atoms with Crippen LogP contribution in [0.2, 0.25) is 0 Å². The smallest absolute Gasteiger partial charge is 0.240 e. The zero-order chi connectivity index (χ0) is 19.0. The van der Waals surface area contributed by atoms with Gasteiger partial charge in [0.1, 0.15) is 11.6 Å². The molecule has 7 heteroatoms. The van der Waals surface area contributed by atoms with Gasteiger partial charge in [-0.05, 0) is 30.5 Å². The Bertz CT molecular complexity index is 1060. The lowest BCUT2D eigenvalue weighted by atomic mass is 9.93. The van der Waals surface area contributed by atoms with Gasteiger partial charge in [0.25, 0.3) is 0 Å². The number of ether oxygens (including phenoxy) is 1. The van der Waals surface area contributed by atoms with Crippen LogP contribution in [0.25, 0.3) is 22.4 Å². The monoisotopic (exact) mass is 380 g/mol. The minimum absolute atomic E-state index is 0.0416. The zero-order valence-electron chi connectivity index (χ0n) is 15.4. The quantitative estimate of drug-likeness (QED) is 0.675. The summed E-state index contributed by atoms with van der Waals surface area (Å²) in [5.41, 5.74) is 7.03. The summed E-state index contributed by atoms with van der Waals surface area (Å²) in [6.07, 6.45) is 2.46. The van der Waals surface area contributed by atoms with Crippen molar-refractivity contribution in [1.29, 1.82) is 0 Å². The van der Waals surface area contributed by atoms with Crippen LogP contribution < -0.4 is 10.2 Å². The number of carbonyl (C=O) groups is 1. The molecule has 3 aromatic rings. The molecule has 1 aromatic heterocycles. The van der Waals surface area contributed by atoms with E-state index in [1.165, 1.54) is 0 Å². The van der Waals surface area contributed by atoms with Crippen LogP contribution in [-0.4, -0.2) is 35.0 Å². The number of thioether (sulfide) groups is 1. The third kappa shape index (κ3) is 3.19. The molecular weight excluding hydrogens is 360 g/mol. The number of H-pyrrole nitrogens is 1. The fourth-order valence-electron chi connectivity index (χ4n) is 3.34. The van der Waals surface area contributed by atoms with Crippen molar-refractivity contribution in [2.75, 3.05) is 13.4 Å². The molecule has 0 fully saturated rings. The molecule has 2 N–H and O–H groups in total. The first-order valence-electron chi connectivity index (χ1n) is 8.68. The third-order valence-electron chi connectivity index (χ3n) is 4.71. The number of carbonyl (C=O) groups excluding carboxylic acids is 1. The molecule has 0 spiro atoms. The first kappa shape index (κ1) is 17.6. The van der Waals surface area contributed by atoms with Gasteiger partial charge in [0.2, 0.25) is 5.91 Å². The summed E-state index contributed by atoms with van der Waals surface area (Å²) >= 11 is 1.67. The van der Waals surface area contributed by atoms with Crippen molar-refractivity contribution in [2.24, 2.45) is 11.0 Å². The van der Waals surface area contributed by atoms with Gasteiger partial charge < -0.3 is 9.72 Å². The lowest BCUT2D eigenvalue weighted by molar-refractivity contribution is -0.121. The highest BCUT2D eigenvalue weighted by Crippen LogP contribution is 2.33. The topological polar surface area (TPSA) is 79.4 Å². The van der Waals surface area contributed by atoms with Crippen LogP contribution in [0.4, 0.5) is 0 Å². The van der Waals surface area contributed by atoms with E-state index in [0.717, 1.165) is 44.3 Å². The predicted molar refractivity (Wildman–Crippen MR) is 108 cm³/mol. The number of nitrogens with zero attached hydrogens (tertiary/aromatic N) is 2. The second-order valence-electron chi connectivity index (χ2n) is 6.49. The van der Waals surface area contributed by atoms with Gasteiger partial charge >= 0.3 is 0 Å². The molecule has 0 saturated carbocycles. The van der Waals surface area contributed by atoms with Crippen molar-refractivity contribution in [3.05, 3.63) is 42.0 Å². The summed E-state index contributed by atoms with van der Waals surface area (Å²) in [5.74, 6) is 1.51. The van der Waals surface area contributed by atoms with Gasteiger partial charge in [0, 0.05) is 22.8 Å². The van der Waals surface area contributed by atoms with E-state index in [-0.39, 0.29) is 11.8 Å². The van der Waals surface area contributed by atoms with E-state index in [9.17, 15) is 4.79 Å². The van der Waals surface area contributed by atoms with Crippen LogP contribution in [0.15, 0.2) is 46.4 Å². The number of methoxy groups -OCH3 is 1. The number of imidazole rings is 1. The van der Waals surface area contributed by atoms with E-state index >= 15 is 0 Å². The summed E-state index contributed by atoms with van der Waals surface area (Å²) in [6.45, 7) is 2.01. The van der Waals surface area contributed by atoms with Crippen LogP contribution in [0.1, 0.15) is 18.9 Å². The van der Waals surface area contributed by atoms with Crippen LogP contribution in [0, 0.1) is 5.92 Å². The Morgan fingerprint density at radius 2 is 2.07 bits per heavy atom. The van der Waals surface area contributed by atoms with Gasteiger partial charge in [0.05, 0.1) is 29.4 Å². The van der Waals surface area contributed by atoms with Crippen molar-refractivity contribution in [3.8, 4) is 17.1 Å². The fraction of sp³-hybridized carbons (Fsp3) is 0.250. The fourth-order valence-corrected chi connectivity index (χ4v) is 3.77. The van der Waals surface area contributed by atoms with E-state index in [2.05, 4.69) is 21.6 Å². The largest absolute Gasteiger partial charge is 0.496 e. The molecule has 0 aliphatic carbocycles. The van der Waals surface area contributed by atoms with Gasteiger partial charge in [0.15, 0.2) is 0 Å². The number of nitrogens with one attached hydrogen (secondary N) is 2. The summed E-state index contributed by atoms with van der Waals surface area (Å²) in [4.78, 5) is 20.9. The standard InChI is InChI=1S/C20H20N4O2S/c1-11-9-17(25)23-24-18(11)14-5-4-6-15-19(14)22-20(21-15)13-8-7-12(27-3)10-16(13)26-2/h4-8,10-11H,9H2,1-3H3,(H,21,22)(H,23,25). The Kier molecular flexibility index (Phi) is 4.61. The molecule has 0 saturated heterocycles. The Labute approximate surface area is 161 Å². The molecular formula is C20H20N4O2S. The molecule has 27 heavy (non-hydrogen) atoms. The molecule has 0 radical (unpaired) electrons. The molecule has 4 rings (SSSR count). The van der Waals surface area contributed by atoms with Crippen LogP contribution in [0.3, 0.4) is 0 Å². The number of aromatic amines is 1. The van der Waals surface area contributed by atoms with Gasteiger partial charge in [-0.3, -0.25) is 4.79 Å². The minimum Gasteiger partial charge on any atom is -0.496 e. The second kappa shape index (κ2) is 7.08. The Morgan fingerprint density at radius 3 is 2.81 bits per heavy atom. The van der Waals surface area contributed by atoms with Gasteiger partial charge in [-0.2, -0.15) is 5.10 Å². The number of aromatic nitrogens is 2. The molecule has 1 atom stereocenters. The molecule has 138 valence electrons. The number of hydrazone groups is 1. The summed E-state index contributed by atoms with van der Waals surface area (Å²) in [6, 6.07) is 12.0. The number of benzene rings is 2. The van der Waals surface area contributed by atoms with Crippen molar-refractivity contribution in [2.45, 2.75) is 18.2 Å². The number of hydrogen-bond donors (Lipinski definition) is 2. The van der Waals surface area contributed by atoms with Crippen LogP contribution in [0.5, 0.6) is 5.75 Å². The molecule has 2 heterocycles. The average molecular weight is 380 g/mol. The Hall–Kier alpha value is -2.80. The van der Waals surface area contributed by atoms with Crippen molar-refractivity contribution in [3.63, 3.8) is 0 Å². The zero-order valence-corrected chi connectivity index (χ0v) is 16.2. The summed E-state index contributed by atoms with van der Waals surface area (Å²) < 4.78 is 5.57. The maximum absolute atomic E-state index is 11.6. The second-order valence-corrected chi connectivity index (χ2v) is 7.37. The highest BCUT2D eigenvalue weighted by atomic mass is 32.2. The third-order valence-corrected chi connectivity index (χ3v) is 5.44. The van der Waals surface area contributed by atoms with Gasteiger partial charge in [-0.25, -0.2) is 10.4 Å². The molecule has 1 unspecified atom stereocenters. The van der Waals surface area contributed by atoms with E-state index < -0.39 is 0 Å². The molecule has 6 nitrogen and oxygen atoms in total. The van der Waals surface area contributed by atoms with Crippen molar-refractivity contribution >= 4 is 34.4 Å². The maximum atomic E-state index is 11.6. The van der Waals surface area contributed by atoms with Crippen molar-refractivity contribution in [1.82, 2.24) is 15.4 Å². The normalized spacial score (nSPS) is 16.9. The van der Waals surface area contributed by atoms with E-state index in [1.54, 1.807) is 18.9 Å². The number of amides is 1. The predicted octanol–water partition coefficient (Wildman–Crippen LogP) is 3.82. The SMILES string of the molecule is COc1cc(SC)ccc1-c1nc2c(C3=NNC(=O)CC3C)cccc2[nH]1. The van der Waals surface area contributed by atoms with E-state index in [0.29, 0.717) is 6.42 Å². The summed E-state index contributed by atoms with van der Waals surface area (Å²) in [7, 11) is 1.66. The van der Waals surface area contributed by atoms with E-state index in [4.69, 9.17) is 9.72 Å². The van der Waals surface area contributed by atoms with Gasteiger partial charge in [-0.15, -0.1) is 11.8 Å². The first-order valence-corrected chi connectivity index (χ1v) is 9.91. The molecule has 1 amide bonds. The lowest BCUT2D eigenvalue weighted by Gasteiger charge is -2.19. The number of para-hydroxylation sites is 1. The highest BCUT2D eigenvalue weighted by molar-refractivity contribution is 7.98. The van der Waals surface area contributed by atoms with Gasteiger partial charge in [-0.1, -0.05) is 19.1 Å². The molecule has 1 aliphatic rings. The average Bonchev–Trinajstić information content (AvgIpc) is 3.11. The lowest BCUT2D eigenvalue weighted by Crippen LogP contribution is -2.32. The Morgan fingerprint density at radius 1 is 1.22 bits per heavy atom. The molecule has 2 aromatic carbocycles. The Balaban J connectivity index is 1.84. The molecule has 1 aliphatic heterocycles. The first-order chi connectivity index (χ1) is 13.1. The number of hydrogen-bond acceptors (Lipinski definition) is 5. The van der Waals surface area contributed by atoms with Crippen LogP contribution >= 0.6 is 11.8 Å².